The first-order chi connectivity index (χ1) is 14.1. The summed E-state index contributed by atoms with van der Waals surface area (Å²) in [5, 5.41) is 4.36. The summed E-state index contributed by atoms with van der Waals surface area (Å²) >= 11 is 0. The number of carbonyl (C=O) groups is 1. The van der Waals surface area contributed by atoms with Crippen molar-refractivity contribution < 1.29 is 4.79 Å². The molecule has 6 heteroatoms. The summed E-state index contributed by atoms with van der Waals surface area (Å²) in [7, 11) is 0. The molecule has 0 saturated heterocycles. The fourth-order valence-electron chi connectivity index (χ4n) is 3.68. The number of Topliss-reactive ketones (excluding diaryl/α,β-unsaturated/α-hetero) is 1. The summed E-state index contributed by atoms with van der Waals surface area (Å²) in [4.78, 5) is 20.7. The number of hydrogen-bond acceptors (Lipinski definition) is 4. The minimum Gasteiger partial charge on any atom is -0.383 e. The number of aryl methyl sites for hydroxylation is 1. The molecule has 2 aromatic heterocycles. The number of imidazole rings is 1. The molecule has 0 radical (unpaired) electrons. The normalized spacial score (nSPS) is 13.6. The van der Waals surface area contributed by atoms with E-state index in [4.69, 9.17) is 5.73 Å². The molecule has 0 saturated carbocycles. The highest BCUT2D eigenvalue weighted by atomic mass is 16.1. The maximum absolute atomic E-state index is 13.1. The van der Waals surface area contributed by atoms with Gasteiger partial charge in [-0.3, -0.25) is 4.79 Å². The van der Waals surface area contributed by atoms with Crippen molar-refractivity contribution in [3.63, 3.8) is 0 Å². The number of nitrogen functional groups attached to an aromatic ring is 1. The number of carbonyl (C=O) groups excluding carboxylic acids is 1. The third kappa shape index (κ3) is 2.95. The van der Waals surface area contributed by atoms with Gasteiger partial charge < -0.3 is 10.7 Å². The van der Waals surface area contributed by atoms with E-state index >= 15 is 0 Å². The van der Waals surface area contributed by atoms with Crippen molar-refractivity contribution in [3.05, 3.63) is 89.4 Å². The second-order valence-electron chi connectivity index (χ2n) is 7.11. The van der Waals surface area contributed by atoms with Crippen molar-refractivity contribution in [3.8, 4) is 5.69 Å². The molecule has 5 rings (SSSR count). The summed E-state index contributed by atoms with van der Waals surface area (Å²) in [6, 6.07) is 15.8. The van der Waals surface area contributed by atoms with E-state index in [2.05, 4.69) is 21.1 Å². The van der Waals surface area contributed by atoms with Crippen molar-refractivity contribution in [2.75, 3.05) is 5.73 Å². The molecule has 29 heavy (non-hydrogen) atoms. The predicted molar refractivity (Wildman–Crippen MR) is 114 cm³/mol. The highest BCUT2D eigenvalue weighted by Gasteiger charge is 2.22. The Bertz CT molecular complexity index is 1310. The highest BCUT2D eigenvalue weighted by molar-refractivity contribution is 6.13. The topological polar surface area (TPSA) is 89.6 Å². The quantitative estimate of drug-likeness (QED) is 0.518. The van der Waals surface area contributed by atoms with E-state index in [0.29, 0.717) is 17.8 Å². The second kappa shape index (κ2) is 6.60. The van der Waals surface area contributed by atoms with Crippen molar-refractivity contribution in [1.29, 1.82) is 0 Å². The fraction of sp³-hybridized carbons (Fsp3) is 0.0870. The molecule has 0 unspecified atom stereocenters. The van der Waals surface area contributed by atoms with Crippen LogP contribution >= 0.6 is 0 Å². The van der Waals surface area contributed by atoms with Crippen LogP contribution in [0, 0.1) is 6.92 Å². The summed E-state index contributed by atoms with van der Waals surface area (Å²) < 4.78 is 1.59. The third-order valence-electron chi connectivity index (χ3n) is 5.15. The minimum absolute atomic E-state index is 0.0885. The molecule has 1 aliphatic rings. The third-order valence-corrected chi connectivity index (χ3v) is 5.15. The van der Waals surface area contributed by atoms with Crippen LogP contribution in [0.5, 0.6) is 0 Å². The van der Waals surface area contributed by atoms with Gasteiger partial charge in [-0.1, -0.05) is 36.4 Å². The van der Waals surface area contributed by atoms with E-state index < -0.39 is 0 Å². The van der Waals surface area contributed by atoms with Crippen LogP contribution < -0.4 is 5.73 Å². The van der Waals surface area contributed by atoms with Gasteiger partial charge in [0.25, 0.3) is 0 Å². The average molecular weight is 381 g/mol. The molecular weight excluding hydrogens is 362 g/mol. The van der Waals surface area contributed by atoms with Gasteiger partial charge in [0.15, 0.2) is 5.78 Å². The van der Waals surface area contributed by atoms with Crippen LogP contribution in [-0.4, -0.2) is 25.5 Å². The van der Waals surface area contributed by atoms with E-state index in [1.807, 2.05) is 61.5 Å². The first-order valence-electron chi connectivity index (χ1n) is 9.41. The summed E-state index contributed by atoms with van der Waals surface area (Å²) in [5.74, 6) is 1.09. The number of nitrogens with zero attached hydrogens (tertiary/aromatic N) is 3. The maximum Gasteiger partial charge on any atom is 0.194 e. The van der Waals surface area contributed by atoms with Crippen LogP contribution in [0.2, 0.25) is 0 Å². The second-order valence-corrected chi connectivity index (χ2v) is 7.11. The number of nitrogens with two attached hydrogens (primary N) is 1. The van der Waals surface area contributed by atoms with Gasteiger partial charge in [0.1, 0.15) is 11.6 Å². The molecule has 0 spiro atoms. The van der Waals surface area contributed by atoms with Gasteiger partial charge in [-0.25, -0.2) is 9.67 Å². The summed E-state index contributed by atoms with van der Waals surface area (Å²) in [5.41, 5.74) is 12.2. The van der Waals surface area contributed by atoms with Crippen LogP contribution in [-0.2, 0) is 0 Å². The number of H-pyrrole nitrogens is 1. The van der Waals surface area contributed by atoms with Gasteiger partial charge >= 0.3 is 0 Å². The first-order valence-corrected chi connectivity index (χ1v) is 9.41. The number of fused-ring (bicyclic) bond motifs is 1. The van der Waals surface area contributed by atoms with Crippen LogP contribution in [0.3, 0.4) is 0 Å². The molecule has 3 N–H and O–H groups in total. The van der Waals surface area contributed by atoms with E-state index in [9.17, 15) is 4.79 Å². The zero-order valence-electron chi connectivity index (χ0n) is 15.9. The number of anilines is 1. The molecule has 0 aliphatic heterocycles. The van der Waals surface area contributed by atoms with E-state index in [1.165, 1.54) is 0 Å². The van der Waals surface area contributed by atoms with Crippen molar-refractivity contribution in [2.45, 2.75) is 13.3 Å². The number of rotatable bonds is 4. The number of benzene rings is 2. The fourth-order valence-corrected chi connectivity index (χ4v) is 3.68. The Hall–Kier alpha value is -3.93. The monoisotopic (exact) mass is 381 g/mol. The highest BCUT2D eigenvalue weighted by Crippen LogP contribution is 2.30. The van der Waals surface area contributed by atoms with Gasteiger partial charge in [0, 0.05) is 5.57 Å². The molecule has 0 amide bonds. The van der Waals surface area contributed by atoms with Gasteiger partial charge in [0.2, 0.25) is 0 Å². The molecule has 0 bridgehead atoms. The molecule has 2 aromatic carbocycles. The Morgan fingerprint density at radius 3 is 2.83 bits per heavy atom. The Morgan fingerprint density at radius 2 is 2.00 bits per heavy atom. The van der Waals surface area contributed by atoms with Crippen LogP contribution in [0.25, 0.3) is 22.3 Å². The molecule has 0 atom stereocenters. The molecular formula is C23H19N5O. The molecule has 2 heterocycles. The van der Waals surface area contributed by atoms with Crippen LogP contribution in [0.4, 0.5) is 5.82 Å². The van der Waals surface area contributed by atoms with Crippen LogP contribution in [0.15, 0.2) is 72.5 Å². The number of hydrogen-bond donors (Lipinski definition) is 2. The number of allylic oxidation sites excluding steroid dienone is 4. The lowest BCUT2D eigenvalue weighted by atomic mass is 10.0. The van der Waals surface area contributed by atoms with E-state index in [0.717, 1.165) is 39.3 Å². The predicted octanol–water partition coefficient (Wildman–Crippen LogP) is 4.24. The van der Waals surface area contributed by atoms with Gasteiger partial charge in [-0.05, 0) is 48.8 Å². The van der Waals surface area contributed by atoms with Gasteiger partial charge in [0.05, 0.1) is 28.5 Å². The number of nitrogens with one attached hydrogen (secondary N) is 1. The molecule has 6 nitrogen and oxygen atoms in total. The number of aromatic nitrogens is 4. The molecule has 0 fully saturated rings. The summed E-state index contributed by atoms with van der Waals surface area (Å²) in [6.07, 6.45) is 6.14. The lowest BCUT2D eigenvalue weighted by molar-refractivity contribution is 0.103. The maximum atomic E-state index is 13.1. The zero-order valence-corrected chi connectivity index (χ0v) is 15.9. The van der Waals surface area contributed by atoms with Gasteiger partial charge in [-0.2, -0.15) is 5.10 Å². The molecule has 142 valence electrons. The van der Waals surface area contributed by atoms with E-state index in [-0.39, 0.29) is 5.78 Å². The lowest BCUT2D eigenvalue weighted by Gasteiger charge is -2.05. The Kier molecular flexibility index (Phi) is 3.91. The van der Waals surface area contributed by atoms with Gasteiger partial charge in [-0.15, -0.1) is 0 Å². The van der Waals surface area contributed by atoms with E-state index in [1.54, 1.807) is 10.9 Å². The standard InChI is InChI=1S/C23H19N5O/c1-14-26-20-10-9-18(12-21(20)27-14)28-23(24)19(13-25-28)22(29)17-8-7-16(11-17)15-5-3-2-4-6-15/h2-7,9-13H,8,24H2,1H3,(H,26,27). The van der Waals surface area contributed by atoms with Crippen molar-refractivity contribution >= 4 is 28.2 Å². The van der Waals surface area contributed by atoms with Crippen LogP contribution in [0.1, 0.15) is 28.2 Å². The van der Waals surface area contributed by atoms with Crippen molar-refractivity contribution in [1.82, 2.24) is 19.7 Å². The lowest BCUT2D eigenvalue weighted by Crippen LogP contribution is -2.07. The SMILES string of the molecule is Cc1nc2ccc(-n3ncc(C(=O)C4=CC(c5ccccc5)=CC4)c3N)cc2[nH]1. The number of aromatic amines is 1. The van der Waals surface area contributed by atoms with Crippen molar-refractivity contribution in [2.24, 2.45) is 0 Å². The smallest absolute Gasteiger partial charge is 0.194 e. The molecule has 1 aliphatic carbocycles. The largest absolute Gasteiger partial charge is 0.383 e. The Morgan fingerprint density at radius 1 is 1.17 bits per heavy atom. The zero-order chi connectivity index (χ0) is 20.0. The minimum atomic E-state index is -0.0885. The Balaban J connectivity index is 1.45. The molecule has 4 aromatic rings. The first kappa shape index (κ1) is 17.2. The average Bonchev–Trinajstić information content (AvgIpc) is 3.45. The summed E-state index contributed by atoms with van der Waals surface area (Å²) in [6.45, 7) is 1.91. The Labute approximate surface area is 167 Å². The number of ketones is 1.